The van der Waals surface area contributed by atoms with E-state index in [0.717, 1.165) is 123 Å². The van der Waals surface area contributed by atoms with Crippen LogP contribution in [0.2, 0.25) is 0 Å². The molecule has 5 fully saturated rings. The number of guanidine groups is 1. The number of phenolic OH excluding ortho intramolecular Hbond substituents is 2. The second-order valence-corrected chi connectivity index (χ2v) is 24.2. The van der Waals surface area contributed by atoms with Crippen LogP contribution in [-0.2, 0) is 27.9 Å². The molecule has 0 aromatic heterocycles. The van der Waals surface area contributed by atoms with Gasteiger partial charge >= 0.3 is 0 Å². The average Bonchev–Trinajstić information content (AvgIpc) is 4.11. The van der Waals surface area contributed by atoms with Crippen molar-refractivity contribution in [1.82, 2.24) is 5.32 Å². The highest BCUT2D eigenvalue weighted by molar-refractivity contribution is 5.90. The summed E-state index contributed by atoms with van der Waals surface area (Å²) >= 11 is 0. The van der Waals surface area contributed by atoms with E-state index in [2.05, 4.69) is 60.5 Å². The van der Waals surface area contributed by atoms with Crippen LogP contribution < -0.4 is 15.8 Å². The average molecular weight is 988 g/mol. The minimum atomic E-state index is -0.363. The molecule has 3 aromatic rings. The molecule has 73 heavy (non-hydrogen) atoms. The highest BCUT2D eigenvalue weighted by Crippen LogP contribution is 2.70. The number of aryl methyl sites for hydroxylation is 1. The molecule has 5 saturated carbocycles. The Morgan fingerprint density at radius 3 is 2.53 bits per heavy atom. The summed E-state index contributed by atoms with van der Waals surface area (Å²) in [5, 5.41) is 39.3. The predicted octanol–water partition coefficient (Wildman–Crippen LogP) is 12.3. The van der Waals surface area contributed by atoms with E-state index in [9.17, 15) is 20.1 Å². The number of aliphatic imine (C=N–C) groups is 1. The summed E-state index contributed by atoms with van der Waals surface area (Å²) in [5.74, 6) is 9.67. The van der Waals surface area contributed by atoms with Crippen LogP contribution >= 0.6 is 0 Å². The maximum Gasteiger partial charge on any atom is 0.189 e. The number of carbonyl (C=O) groups excluding carboxylic acids is 1. The molecule has 0 amide bonds. The molecule has 8 unspecified atom stereocenters. The zero-order valence-electron chi connectivity index (χ0n) is 43.7. The number of aliphatic hydroxyl groups is 1. The van der Waals surface area contributed by atoms with E-state index in [1.165, 1.54) is 48.8 Å². The number of fused-ring (bicyclic) bond motifs is 8. The fourth-order valence-corrected chi connectivity index (χ4v) is 16.2. The molecule has 388 valence electrons. The Kier molecular flexibility index (Phi) is 14.6. The highest BCUT2D eigenvalue weighted by atomic mass is 16.5. The third kappa shape index (κ3) is 10.1. The standard InChI is InChI=1S/C64H81N3O6/c1-40-28-54-46-30-44(33-51(70)35-46)29-42-14-10-15-48(31-42)64(25-8-3-9-26-64)67-62(65)66-49-16-11-19-53-45(22-23-50(69)32-43(39-68)21-20-41-12-4-5-13-41)37-57(73-52-17-6-7-18-52)61(71)59(53)60-58-47(34-49)36-55(54)63(60,38-40)27-24-56(58)72-2/h10,14-15,30-33,35-37,40-41,47,49,52,54,56,58,60,68,70-71H,3-9,12-13,16-18,20-29,34,38-39H2,1-2H3,(H3,65,66,67). The number of nitrogens with two attached hydrogens (primary N) is 1. The number of hydrogen-bond acceptors (Lipinski definition) is 9. The number of rotatable bonds is 11. The number of benzene rings is 3. The summed E-state index contributed by atoms with van der Waals surface area (Å²) in [6.07, 6.45) is 26.6. The van der Waals surface area contributed by atoms with Crippen molar-refractivity contribution in [3.8, 4) is 29.1 Å². The number of nitrogens with one attached hydrogen (secondary N) is 1. The Bertz CT molecular complexity index is 2690. The first kappa shape index (κ1) is 50.1. The van der Waals surface area contributed by atoms with Gasteiger partial charge in [0.15, 0.2) is 23.2 Å². The number of aromatic hydroxyl groups is 2. The molecule has 2 spiro atoms. The smallest absolute Gasteiger partial charge is 0.189 e. The first-order valence-electron chi connectivity index (χ1n) is 28.7. The maximum absolute atomic E-state index is 14.1. The Hall–Kier alpha value is -5.04. The molecule has 0 saturated heterocycles. The van der Waals surface area contributed by atoms with E-state index in [0.29, 0.717) is 55.0 Å². The highest BCUT2D eigenvalue weighted by Gasteiger charge is 2.61. The number of aliphatic hydroxyl groups excluding tert-OH is 1. The maximum atomic E-state index is 14.1. The van der Waals surface area contributed by atoms with Gasteiger partial charge in [-0.2, -0.15) is 0 Å². The van der Waals surface area contributed by atoms with Crippen molar-refractivity contribution in [2.75, 3.05) is 13.7 Å². The quantitative estimate of drug-likeness (QED) is 0.0725. The Morgan fingerprint density at radius 1 is 0.932 bits per heavy atom. The molecule has 3 aromatic carbocycles. The number of hydrogen-bond donors (Lipinski definition) is 5. The van der Waals surface area contributed by atoms with Gasteiger partial charge in [-0.15, -0.1) is 0 Å². The second-order valence-electron chi connectivity index (χ2n) is 24.2. The molecule has 1 aliphatic heterocycles. The first-order valence-corrected chi connectivity index (χ1v) is 28.7. The molecule has 11 rings (SSSR count). The Morgan fingerprint density at radius 2 is 1.74 bits per heavy atom. The van der Waals surface area contributed by atoms with Crippen molar-refractivity contribution < 1.29 is 29.6 Å². The molecule has 7 aliphatic carbocycles. The zero-order valence-corrected chi connectivity index (χ0v) is 43.7. The number of methoxy groups -OCH3 is 1. The van der Waals surface area contributed by atoms with E-state index in [4.69, 9.17) is 20.2 Å². The number of allylic oxidation sites excluding steroid dienone is 3. The van der Waals surface area contributed by atoms with Crippen molar-refractivity contribution in [2.24, 2.45) is 39.8 Å². The van der Waals surface area contributed by atoms with Crippen LogP contribution in [0.1, 0.15) is 199 Å². The summed E-state index contributed by atoms with van der Waals surface area (Å²) in [4.78, 5) is 19.5. The van der Waals surface area contributed by atoms with Gasteiger partial charge in [0.25, 0.3) is 0 Å². The minimum Gasteiger partial charge on any atom is -0.508 e. The fraction of sp³-hybridized carbons (Fsp3) is 0.594. The molecular weight excluding hydrogens is 907 g/mol. The van der Waals surface area contributed by atoms with Crippen LogP contribution in [0.15, 0.2) is 76.8 Å². The molecule has 1 heterocycles. The van der Waals surface area contributed by atoms with Crippen LogP contribution in [0.4, 0.5) is 0 Å². The number of carbonyl (C=O) groups is 1. The summed E-state index contributed by atoms with van der Waals surface area (Å²) in [5.41, 5.74) is 15.9. The zero-order chi connectivity index (χ0) is 50.3. The topological polar surface area (TPSA) is 147 Å². The number of phenols is 2. The van der Waals surface area contributed by atoms with Crippen molar-refractivity contribution in [2.45, 2.75) is 197 Å². The van der Waals surface area contributed by atoms with Crippen molar-refractivity contribution in [3.63, 3.8) is 0 Å². The van der Waals surface area contributed by atoms with Crippen LogP contribution in [0.5, 0.6) is 17.2 Å². The van der Waals surface area contributed by atoms with E-state index >= 15 is 0 Å². The SMILES string of the molecule is COC1CCC23CC(C)CC4C2=CC2CC(CC#Cc5c(CCC(=O)C=C(CO)CCC6CCCC6)cc(OC6CCCC6)c(O)c5C3C21)N=C(N)NC1(CCCCC1)c1cccc(c1)Cc1cc(O)cc4c1. The van der Waals surface area contributed by atoms with Gasteiger partial charge in [-0.05, 0) is 183 Å². The number of ether oxygens (including phenoxy) is 2. The third-order valence-corrected chi connectivity index (χ3v) is 19.4. The molecular formula is C64H81N3O6. The van der Waals surface area contributed by atoms with Crippen LogP contribution in [0.3, 0.4) is 0 Å². The van der Waals surface area contributed by atoms with Gasteiger partial charge in [0.05, 0.1) is 30.4 Å². The van der Waals surface area contributed by atoms with Gasteiger partial charge < -0.3 is 35.8 Å². The molecule has 10 bridgehead atoms. The fourth-order valence-electron chi connectivity index (χ4n) is 16.2. The molecule has 8 aliphatic rings. The summed E-state index contributed by atoms with van der Waals surface area (Å²) in [6.45, 7) is 2.29. The van der Waals surface area contributed by atoms with Crippen molar-refractivity contribution >= 4 is 11.7 Å². The minimum absolute atomic E-state index is 0.000446. The van der Waals surface area contributed by atoms with Crippen molar-refractivity contribution in [1.29, 1.82) is 0 Å². The van der Waals surface area contributed by atoms with E-state index < -0.39 is 0 Å². The van der Waals surface area contributed by atoms with Gasteiger partial charge in [0, 0.05) is 42.9 Å². The lowest BCUT2D eigenvalue weighted by atomic mass is 9.43. The normalized spacial score (nSPS) is 29.8. The Labute approximate surface area is 434 Å². The molecule has 6 N–H and O–H groups in total. The van der Waals surface area contributed by atoms with E-state index in [1.807, 2.05) is 25.3 Å². The van der Waals surface area contributed by atoms with Crippen molar-refractivity contribution in [3.05, 3.63) is 111 Å². The molecule has 0 radical (unpaired) electrons. The molecule has 9 nitrogen and oxygen atoms in total. The van der Waals surface area contributed by atoms with Crippen LogP contribution in [-0.4, -0.2) is 59.0 Å². The van der Waals surface area contributed by atoms with E-state index in [-0.39, 0.29) is 77.4 Å². The second kappa shape index (κ2) is 21.3. The first-order chi connectivity index (χ1) is 35.5. The summed E-state index contributed by atoms with van der Waals surface area (Å²) in [6, 6.07) is 17.1. The lowest BCUT2D eigenvalue weighted by Crippen LogP contribution is -2.54. The lowest BCUT2D eigenvalue weighted by molar-refractivity contribution is -0.114. The monoisotopic (exact) mass is 988 g/mol. The van der Waals surface area contributed by atoms with Gasteiger partial charge in [-0.25, -0.2) is 4.99 Å². The molecule has 9 heteroatoms. The van der Waals surface area contributed by atoms with E-state index in [1.54, 1.807) is 6.08 Å². The van der Waals surface area contributed by atoms with Gasteiger partial charge in [-0.1, -0.05) is 106 Å². The molecule has 8 atom stereocenters. The van der Waals surface area contributed by atoms with Crippen LogP contribution in [0.25, 0.3) is 0 Å². The Balaban J connectivity index is 1.10. The predicted molar refractivity (Wildman–Crippen MR) is 289 cm³/mol. The summed E-state index contributed by atoms with van der Waals surface area (Å²) < 4.78 is 13.6. The third-order valence-electron chi connectivity index (χ3n) is 19.4. The lowest BCUT2D eigenvalue weighted by Gasteiger charge is -2.62. The van der Waals surface area contributed by atoms with Gasteiger partial charge in [-0.3, -0.25) is 4.79 Å². The largest absolute Gasteiger partial charge is 0.508 e. The van der Waals surface area contributed by atoms with Crippen LogP contribution in [0, 0.1) is 40.9 Å². The number of ketones is 1. The van der Waals surface area contributed by atoms with Gasteiger partial charge in [0.1, 0.15) is 5.75 Å². The number of nitrogens with zero attached hydrogens (tertiary/aromatic N) is 1. The van der Waals surface area contributed by atoms with Gasteiger partial charge in [0.2, 0.25) is 0 Å². The summed E-state index contributed by atoms with van der Waals surface area (Å²) in [7, 11) is 1.86.